The fourth-order valence-corrected chi connectivity index (χ4v) is 4.11. The second kappa shape index (κ2) is 8.30. The van der Waals surface area contributed by atoms with Crippen LogP contribution in [0.4, 0.5) is 0 Å². The van der Waals surface area contributed by atoms with E-state index in [1.807, 2.05) is 0 Å². The lowest BCUT2D eigenvalue weighted by Crippen LogP contribution is -2.36. The van der Waals surface area contributed by atoms with Crippen molar-refractivity contribution < 1.29 is 0 Å². The first kappa shape index (κ1) is 17.0. The van der Waals surface area contributed by atoms with Crippen molar-refractivity contribution in [3.05, 3.63) is 34.3 Å². The van der Waals surface area contributed by atoms with E-state index in [4.69, 9.17) is 0 Å². The van der Waals surface area contributed by atoms with E-state index in [1.54, 1.807) is 0 Å². The summed E-state index contributed by atoms with van der Waals surface area (Å²) in [5.41, 5.74) is 1.39. The lowest BCUT2D eigenvalue weighted by Gasteiger charge is -2.29. The van der Waals surface area contributed by atoms with Gasteiger partial charge in [0, 0.05) is 23.1 Å². The van der Waals surface area contributed by atoms with Crippen LogP contribution in [-0.4, -0.2) is 30.6 Å². The van der Waals surface area contributed by atoms with Gasteiger partial charge in [0.1, 0.15) is 0 Å². The first-order valence-electron chi connectivity index (χ1n) is 8.35. The summed E-state index contributed by atoms with van der Waals surface area (Å²) >= 11 is 3.70. The van der Waals surface area contributed by atoms with Crippen molar-refractivity contribution in [2.24, 2.45) is 5.92 Å². The van der Waals surface area contributed by atoms with E-state index in [2.05, 4.69) is 71.2 Å². The Labute approximate surface area is 138 Å². The van der Waals surface area contributed by atoms with E-state index in [-0.39, 0.29) is 0 Å². The van der Waals surface area contributed by atoms with Crippen LogP contribution in [0.2, 0.25) is 0 Å². The van der Waals surface area contributed by atoms with Gasteiger partial charge in [-0.25, -0.2) is 0 Å². The lowest BCUT2D eigenvalue weighted by molar-refractivity contribution is 0.197. The Morgan fingerprint density at radius 1 is 1.33 bits per heavy atom. The fourth-order valence-electron chi connectivity index (χ4n) is 3.55. The Morgan fingerprint density at radius 3 is 2.76 bits per heavy atom. The highest BCUT2D eigenvalue weighted by molar-refractivity contribution is 9.10. The summed E-state index contributed by atoms with van der Waals surface area (Å²) in [5, 5.41) is 3.65. The van der Waals surface area contributed by atoms with Gasteiger partial charge >= 0.3 is 0 Å². The van der Waals surface area contributed by atoms with Crippen LogP contribution < -0.4 is 5.32 Å². The molecule has 1 aromatic carbocycles. The average molecular weight is 353 g/mol. The molecule has 0 spiro atoms. The molecule has 2 unspecified atom stereocenters. The summed E-state index contributed by atoms with van der Waals surface area (Å²) in [4.78, 5) is 2.70. The molecule has 1 aliphatic rings. The van der Waals surface area contributed by atoms with Crippen LogP contribution >= 0.6 is 15.9 Å². The van der Waals surface area contributed by atoms with Crippen LogP contribution in [0.5, 0.6) is 0 Å². The monoisotopic (exact) mass is 352 g/mol. The number of hydrogen-bond acceptors (Lipinski definition) is 2. The van der Waals surface area contributed by atoms with Gasteiger partial charge < -0.3 is 10.2 Å². The van der Waals surface area contributed by atoms with E-state index in [0.717, 1.165) is 18.5 Å². The third kappa shape index (κ3) is 4.54. The standard InChI is InChI=1S/C18H29BrN2/c1-4-20-17(15-8-5-6-9-16(15)19)11-13-21-12-7-10-18(21)14(2)3/h5-6,8-9,14,17-18,20H,4,7,10-13H2,1-3H3. The average Bonchev–Trinajstić information content (AvgIpc) is 2.93. The first-order valence-corrected chi connectivity index (χ1v) is 9.14. The van der Waals surface area contributed by atoms with Crippen molar-refractivity contribution in [3.63, 3.8) is 0 Å². The number of likely N-dealkylation sites (tertiary alicyclic amines) is 1. The van der Waals surface area contributed by atoms with Crippen LogP contribution in [0.1, 0.15) is 51.6 Å². The van der Waals surface area contributed by atoms with Gasteiger partial charge in [-0.2, -0.15) is 0 Å². The Balaban J connectivity index is 1.99. The Hall–Kier alpha value is -0.380. The molecule has 1 fully saturated rings. The summed E-state index contributed by atoms with van der Waals surface area (Å²) in [6.07, 6.45) is 3.92. The second-order valence-corrected chi connectivity index (χ2v) is 7.26. The van der Waals surface area contributed by atoms with Crippen molar-refractivity contribution in [2.75, 3.05) is 19.6 Å². The molecule has 1 saturated heterocycles. The molecule has 1 heterocycles. The molecule has 1 N–H and O–H groups in total. The third-order valence-corrected chi connectivity index (χ3v) is 5.34. The molecule has 1 aromatic rings. The Bertz CT molecular complexity index is 433. The summed E-state index contributed by atoms with van der Waals surface area (Å²) < 4.78 is 1.22. The van der Waals surface area contributed by atoms with Crippen molar-refractivity contribution in [1.29, 1.82) is 0 Å². The summed E-state index contributed by atoms with van der Waals surface area (Å²) in [6, 6.07) is 9.84. The maximum absolute atomic E-state index is 3.70. The molecule has 3 heteroatoms. The number of benzene rings is 1. The van der Waals surface area contributed by atoms with E-state index in [9.17, 15) is 0 Å². The molecule has 0 radical (unpaired) electrons. The minimum Gasteiger partial charge on any atom is -0.310 e. The number of nitrogens with one attached hydrogen (secondary N) is 1. The molecule has 0 aliphatic carbocycles. The summed E-state index contributed by atoms with van der Waals surface area (Å²) in [6.45, 7) is 10.4. The quantitative estimate of drug-likeness (QED) is 0.770. The van der Waals surface area contributed by atoms with Gasteiger partial charge in [0.15, 0.2) is 0 Å². The molecule has 0 amide bonds. The van der Waals surface area contributed by atoms with E-state index >= 15 is 0 Å². The normalized spacial score (nSPS) is 21.1. The van der Waals surface area contributed by atoms with Crippen molar-refractivity contribution >= 4 is 15.9 Å². The highest BCUT2D eigenvalue weighted by Gasteiger charge is 2.27. The van der Waals surface area contributed by atoms with Gasteiger partial charge in [0.2, 0.25) is 0 Å². The highest BCUT2D eigenvalue weighted by atomic mass is 79.9. The maximum atomic E-state index is 3.70. The molecule has 2 atom stereocenters. The SMILES string of the molecule is CCNC(CCN1CCCC1C(C)C)c1ccccc1Br. The van der Waals surface area contributed by atoms with Gasteiger partial charge in [0.05, 0.1) is 0 Å². The second-order valence-electron chi connectivity index (χ2n) is 6.41. The number of rotatable bonds is 7. The molecule has 21 heavy (non-hydrogen) atoms. The highest BCUT2D eigenvalue weighted by Crippen LogP contribution is 2.28. The molecule has 2 nitrogen and oxygen atoms in total. The lowest BCUT2D eigenvalue weighted by atomic mass is 10.00. The van der Waals surface area contributed by atoms with Crippen molar-refractivity contribution in [2.45, 2.75) is 52.1 Å². The molecule has 0 bridgehead atoms. The largest absolute Gasteiger partial charge is 0.310 e. The van der Waals surface area contributed by atoms with Crippen LogP contribution in [0.3, 0.4) is 0 Å². The van der Waals surface area contributed by atoms with Gasteiger partial charge in [0.25, 0.3) is 0 Å². The zero-order valence-corrected chi connectivity index (χ0v) is 15.2. The third-order valence-electron chi connectivity index (χ3n) is 4.62. The Kier molecular flexibility index (Phi) is 6.72. The van der Waals surface area contributed by atoms with Crippen LogP contribution in [0.25, 0.3) is 0 Å². The molecular weight excluding hydrogens is 324 g/mol. The number of hydrogen-bond donors (Lipinski definition) is 1. The number of halogens is 1. The Morgan fingerprint density at radius 2 is 2.10 bits per heavy atom. The molecule has 1 aliphatic heterocycles. The zero-order valence-electron chi connectivity index (χ0n) is 13.6. The molecule has 0 aromatic heterocycles. The fraction of sp³-hybridized carbons (Fsp3) is 0.667. The molecule has 0 saturated carbocycles. The molecular formula is C18H29BrN2. The van der Waals surface area contributed by atoms with Gasteiger partial charge in [-0.1, -0.05) is 54.9 Å². The first-order chi connectivity index (χ1) is 10.1. The smallest absolute Gasteiger partial charge is 0.0343 e. The summed E-state index contributed by atoms with van der Waals surface area (Å²) in [5.74, 6) is 0.772. The summed E-state index contributed by atoms with van der Waals surface area (Å²) in [7, 11) is 0. The zero-order chi connectivity index (χ0) is 15.2. The number of nitrogens with zero attached hydrogens (tertiary/aromatic N) is 1. The van der Waals surface area contributed by atoms with Gasteiger partial charge in [-0.15, -0.1) is 0 Å². The van der Waals surface area contributed by atoms with Gasteiger partial charge in [-0.05, 0) is 49.9 Å². The molecule has 118 valence electrons. The van der Waals surface area contributed by atoms with Crippen molar-refractivity contribution in [3.8, 4) is 0 Å². The maximum Gasteiger partial charge on any atom is 0.0343 e. The minimum absolute atomic E-state index is 0.444. The van der Waals surface area contributed by atoms with Crippen LogP contribution in [-0.2, 0) is 0 Å². The van der Waals surface area contributed by atoms with Crippen molar-refractivity contribution in [1.82, 2.24) is 10.2 Å². The minimum atomic E-state index is 0.444. The predicted octanol–water partition coefficient (Wildman–Crippen LogP) is 4.61. The van der Waals surface area contributed by atoms with Crippen LogP contribution in [0, 0.1) is 5.92 Å². The molecule has 2 rings (SSSR count). The van der Waals surface area contributed by atoms with E-state index < -0.39 is 0 Å². The van der Waals surface area contributed by atoms with Gasteiger partial charge in [-0.3, -0.25) is 0 Å². The van der Waals surface area contributed by atoms with Crippen LogP contribution in [0.15, 0.2) is 28.7 Å². The topological polar surface area (TPSA) is 15.3 Å². The van der Waals surface area contributed by atoms with E-state index in [1.165, 1.54) is 42.4 Å². The van der Waals surface area contributed by atoms with E-state index in [0.29, 0.717) is 6.04 Å². The predicted molar refractivity (Wildman–Crippen MR) is 94.6 cm³/mol.